The van der Waals surface area contributed by atoms with Gasteiger partial charge in [-0.1, -0.05) is 29.5 Å². The Morgan fingerprint density at radius 1 is 1.10 bits per heavy atom. The first kappa shape index (κ1) is 21.8. The monoisotopic (exact) mass is 449 g/mol. The summed E-state index contributed by atoms with van der Waals surface area (Å²) in [5, 5.41) is 0.566. The zero-order valence-electron chi connectivity index (χ0n) is 16.7. The predicted octanol–water partition coefficient (Wildman–Crippen LogP) is 3.63. The number of rotatable bonds is 7. The minimum atomic E-state index is -3.54. The van der Waals surface area contributed by atoms with Crippen molar-refractivity contribution in [2.24, 2.45) is 0 Å². The number of fused-ring (bicyclic) bond motifs is 1. The molecule has 1 heterocycles. The number of carbonyl (C=O) groups excluding carboxylic acids is 1. The van der Waals surface area contributed by atoms with Crippen LogP contribution in [0.1, 0.15) is 10.4 Å². The number of hydrogen-bond acceptors (Lipinski definition) is 7. The van der Waals surface area contributed by atoms with E-state index in [9.17, 15) is 13.2 Å². The Morgan fingerprint density at radius 3 is 2.48 bits per heavy atom. The molecule has 0 saturated heterocycles. The summed E-state index contributed by atoms with van der Waals surface area (Å²) in [5.41, 5.74) is 1.03. The number of likely N-dealkylation sites (N-methyl/N-ethyl adjacent to an activating group) is 1. The third-order valence-corrected chi connectivity index (χ3v) is 7.32. The SMILES string of the molecule is CSc1cccc2sc(N(CCN(C)C)C(=O)c3ccccc3S(C)(=O)=O)nc12. The van der Waals surface area contributed by atoms with Crippen LogP contribution in [0, 0.1) is 0 Å². The van der Waals surface area contributed by atoms with Gasteiger partial charge in [-0.05, 0) is 44.6 Å². The smallest absolute Gasteiger partial charge is 0.261 e. The van der Waals surface area contributed by atoms with Crippen LogP contribution < -0.4 is 4.90 Å². The molecule has 0 aliphatic heterocycles. The first-order valence-electron chi connectivity index (χ1n) is 8.91. The Kier molecular flexibility index (Phi) is 6.62. The lowest BCUT2D eigenvalue weighted by Crippen LogP contribution is -2.37. The molecule has 154 valence electrons. The van der Waals surface area contributed by atoms with Gasteiger partial charge in [0, 0.05) is 24.2 Å². The van der Waals surface area contributed by atoms with Gasteiger partial charge in [0.2, 0.25) is 0 Å². The summed E-state index contributed by atoms with van der Waals surface area (Å²) in [5.74, 6) is -0.363. The number of hydrogen-bond donors (Lipinski definition) is 0. The Morgan fingerprint density at radius 2 is 1.83 bits per heavy atom. The first-order chi connectivity index (χ1) is 13.7. The number of carbonyl (C=O) groups is 1. The van der Waals surface area contributed by atoms with Crippen LogP contribution >= 0.6 is 23.1 Å². The molecule has 0 atom stereocenters. The molecular formula is C20H23N3O3S3. The van der Waals surface area contributed by atoms with E-state index in [0.717, 1.165) is 21.4 Å². The lowest BCUT2D eigenvalue weighted by atomic mass is 10.2. The maximum absolute atomic E-state index is 13.5. The van der Waals surface area contributed by atoms with Gasteiger partial charge >= 0.3 is 0 Å². The number of nitrogens with zero attached hydrogens (tertiary/aromatic N) is 3. The molecule has 0 aliphatic carbocycles. The average Bonchev–Trinajstić information content (AvgIpc) is 3.11. The summed E-state index contributed by atoms with van der Waals surface area (Å²) in [6, 6.07) is 12.3. The molecular weight excluding hydrogens is 426 g/mol. The molecule has 3 rings (SSSR count). The lowest BCUT2D eigenvalue weighted by Gasteiger charge is -2.22. The van der Waals surface area contributed by atoms with Gasteiger partial charge in [-0.2, -0.15) is 0 Å². The fourth-order valence-corrected chi connectivity index (χ4v) is 5.41. The van der Waals surface area contributed by atoms with Gasteiger partial charge in [0.15, 0.2) is 15.0 Å². The highest BCUT2D eigenvalue weighted by atomic mass is 32.2. The molecule has 1 amide bonds. The van der Waals surface area contributed by atoms with Gasteiger partial charge in [0.05, 0.1) is 20.7 Å². The second-order valence-corrected chi connectivity index (χ2v) is 10.7. The number of sulfone groups is 1. The van der Waals surface area contributed by atoms with Gasteiger partial charge in [0.25, 0.3) is 5.91 Å². The molecule has 0 bridgehead atoms. The van der Waals surface area contributed by atoms with Crippen molar-refractivity contribution in [3.8, 4) is 0 Å². The Balaban J connectivity index is 2.11. The van der Waals surface area contributed by atoms with Crippen LogP contribution in [-0.4, -0.2) is 63.9 Å². The topological polar surface area (TPSA) is 70.6 Å². The Bertz CT molecular complexity index is 1140. The Hall–Kier alpha value is -1.94. The highest BCUT2D eigenvalue weighted by Crippen LogP contribution is 2.35. The van der Waals surface area contributed by atoms with Crippen LogP contribution in [0.4, 0.5) is 5.13 Å². The fraction of sp³-hybridized carbons (Fsp3) is 0.300. The number of benzene rings is 2. The van der Waals surface area contributed by atoms with E-state index in [2.05, 4.69) is 0 Å². The maximum Gasteiger partial charge on any atom is 0.261 e. The van der Waals surface area contributed by atoms with Crippen LogP contribution in [0.15, 0.2) is 52.3 Å². The highest BCUT2D eigenvalue weighted by molar-refractivity contribution is 7.98. The summed E-state index contributed by atoms with van der Waals surface area (Å²) >= 11 is 3.04. The minimum Gasteiger partial charge on any atom is -0.308 e. The molecule has 0 spiro atoms. The zero-order chi connectivity index (χ0) is 21.2. The highest BCUT2D eigenvalue weighted by Gasteiger charge is 2.26. The summed E-state index contributed by atoms with van der Waals surface area (Å²) in [6.45, 7) is 1.02. The van der Waals surface area contributed by atoms with Crippen molar-refractivity contribution in [2.45, 2.75) is 9.79 Å². The molecule has 1 aromatic heterocycles. The number of amides is 1. The first-order valence-corrected chi connectivity index (χ1v) is 12.8. The molecule has 2 aromatic carbocycles. The van der Waals surface area contributed by atoms with E-state index >= 15 is 0 Å². The van der Waals surface area contributed by atoms with Crippen molar-refractivity contribution in [3.05, 3.63) is 48.0 Å². The minimum absolute atomic E-state index is 0.0331. The summed E-state index contributed by atoms with van der Waals surface area (Å²) in [4.78, 5) is 22.8. The van der Waals surface area contributed by atoms with E-state index in [1.165, 1.54) is 17.4 Å². The van der Waals surface area contributed by atoms with Crippen LogP contribution in [-0.2, 0) is 9.84 Å². The molecule has 6 nitrogen and oxygen atoms in total. The number of aromatic nitrogens is 1. The van der Waals surface area contributed by atoms with Crippen molar-refractivity contribution < 1.29 is 13.2 Å². The van der Waals surface area contributed by atoms with Crippen molar-refractivity contribution in [1.82, 2.24) is 9.88 Å². The van der Waals surface area contributed by atoms with Crippen molar-refractivity contribution in [1.29, 1.82) is 0 Å². The summed E-state index contributed by atoms with van der Waals surface area (Å²) in [6.07, 6.45) is 3.11. The maximum atomic E-state index is 13.5. The van der Waals surface area contributed by atoms with Crippen molar-refractivity contribution in [3.63, 3.8) is 0 Å². The normalized spacial score (nSPS) is 11.9. The quantitative estimate of drug-likeness (QED) is 0.513. The van der Waals surface area contributed by atoms with E-state index in [0.29, 0.717) is 18.2 Å². The van der Waals surface area contributed by atoms with Gasteiger partial charge in [-0.3, -0.25) is 9.69 Å². The van der Waals surface area contributed by atoms with Crippen LogP contribution in [0.2, 0.25) is 0 Å². The second kappa shape index (κ2) is 8.83. The van der Waals surface area contributed by atoms with Crippen LogP contribution in [0.25, 0.3) is 10.2 Å². The van der Waals surface area contributed by atoms with Crippen LogP contribution in [0.5, 0.6) is 0 Å². The van der Waals surface area contributed by atoms with Crippen LogP contribution in [0.3, 0.4) is 0 Å². The number of thioether (sulfide) groups is 1. The fourth-order valence-electron chi connectivity index (χ4n) is 2.89. The van der Waals surface area contributed by atoms with E-state index < -0.39 is 9.84 Å². The Labute approximate surface area is 179 Å². The van der Waals surface area contributed by atoms with Gasteiger partial charge in [-0.15, -0.1) is 11.8 Å². The predicted molar refractivity (Wildman–Crippen MR) is 121 cm³/mol. The molecule has 0 aliphatic rings. The largest absolute Gasteiger partial charge is 0.308 e. The second-order valence-electron chi connectivity index (χ2n) is 6.83. The van der Waals surface area contributed by atoms with E-state index in [4.69, 9.17) is 4.98 Å². The molecule has 0 saturated carbocycles. The molecule has 29 heavy (non-hydrogen) atoms. The van der Waals surface area contributed by atoms with Gasteiger partial charge < -0.3 is 4.90 Å². The lowest BCUT2D eigenvalue weighted by molar-refractivity contribution is 0.0982. The molecule has 0 fully saturated rings. The molecule has 0 N–H and O–H groups in total. The number of para-hydroxylation sites is 1. The van der Waals surface area contributed by atoms with Crippen molar-refractivity contribution in [2.75, 3.05) is 44.6 Å². The van der Waals surface area contributed by atoms with E-state index in [1.54, 1.807) is 34.9 Å². The summed E-state index contributed by atoms with van der Waals surface area (Å²) < 4.78 is 25.4. The third-order valence-electron chi connectivity index (χ3n) is 4.35. The molecule has 0 unspecified atom stereocenters. The van der Waals surface area contributed by atoms with E-state index in [1.807, 2.05) is 43.5 Å². The number of thiazole rings is 1. The third kappa shape index (κ3) is 4.80. The summed E-state index contributed by atoms with van der Waals surface area (Å²) in [7, 11) is 0.317. The average molecular weight is 450 g/mol. The van der Waals surface area contributed by atoms with Gasteiger partial charge in [-0.25, -0.2) is 13.4 Å². The molecule has 9 heteroatoms. The standard InChI is InChI=1S/C20H23N3O3S3/c1-22(2)12-13-23(19(24)14-8-5-6-11-17(14)29(4,25)26)20-21-18-15(27-3)9-7-10-16(18)28-20/h5-11H,12-13H2,1-4H3. The van der Waals surface area contributed by atoms with E-state index in [-0.39, 0.29) is 16.4 Å². The number of anilines is 1. The van der Waals surface area contributed by atoms with Crippen molar-refractivity contribution >= 4 is 54.2 Å². The molecule has 3 aromatic rings. The molecule has 0 radical (unpaired) electrons. The van der Waals surface area contributed by atoms with Gasteiger partial charge in [0.1, 0.15) is 0 Å². The zero-order valence-corrected chi connectivity index (χ0v) is 19.2.